The van der Waals surface area contributed by atoms with Crippen LogP contribution >= 0.6 is 0 Å². The predicted octanol–water partition coefficient (Wildman–Crippen LogP) is 0.848. The lowest BCUT2D eigenvalue weighted by Gasteiger charge is -2.57. The molecule has 112 valence electrons. The first-order valence-corrected chi connectivity index (χ1v) is 8.05. The van der Waals surface area contributed by atoms with Gasteiger partial charge in [-0.3, -0.25) is 9.59 Å². The maximum Gasteiger partial charge on any atom is 0.238 e. The fraction of sp³-hybridized carbons (Fsp3) is 0.812. The van der Waals surface area contributed by atoms with Crippen LogP contribution in [-0.2, 0) is 9.59 Å². The summed E-state index contributed by atoms with van der Waals surface area (Å²) < 4.78 is 0. The molecule has 5 rings (SSSR count). The zero-order valence-electron chi connectivity index (χ0n) is 12.2. The first-order chi connectivity index (χ1) is 10.1. The molecule has 5 fully saturated rings. The Morgan fingerprint density at radius 3 is 2.29 bits per heavy atom. The van der Waals surface area contributed by atoms with E-state index in [1.807, 2.05) is 6.07 Å². The van der Waals surface area contributed by atoms with E-state index in [1.54, 1.807) is 0 Å². The normalized spacial score (nSPS) is 43.6. The highest BCUT2D eigenvalue weighted by Crippen LogP contribution is 2.55. The van der Waals surface area contributed by atoms with Crippen LogP contribution in [-0.4, -0.2) is 41.3 Å². The Kier molecular flexibility index (Phi) is 2.87. The lowest BCUT2D eigenvalue weighted by Crippen LogP contribution is -2.63. The van der Waals surface area contributed by atoms with E-state index in [-0.39, 0.29) is 30.3 Å². The van der Waals surface area contributed by atoms with E-state index in [0.717, 1.165) is 17.8 Å². The summed E-state index contributed by atoms with van der Waals surface area (Å²) in [6.45, 7) is 0.386. The molecule has 1 saturated heterocycles. The molecule has 1 atom stereocenters. The Morgan fingerprint density at radius 2 is 1.81 bits per heavy atom. The number of nitrogens with zero attached hydrogens (tertiary/aromatic N) is 2. The number of nitrogens with one attached hydrogen (secondary N) is 1. The average molecular weight is 287 g/mol. The van der Waals surface area contributed by atoms with Crippen LogP contribution in [0.2, 0.25) is 0 Å². The second kappa shape index (κ2) is 4.54. The molecule has 4 saturated carbocycles. The highest BCUT2D eigenvalue weighted by molar-refractivity contribution is 6.01. The van der Waals surface area contributed by atoms with E-state index in [4.69, 9.17) is 5.26 Å². The molecule has 21 heavy (non-hydrogen) atoms. The van der Waals surface area contributed by atoms with Crippen LogP contribution in [0.3, 0.4) is 0 Å². The third kappa shape index (κ3) is 2.08. The van der Waals surface area contributed by atoms with E-state index in [9.17, 15) is 9.59 Å². The lowest BCUT2D eigenvalue weighted by atomic mass is 9.53. The minimum Gasteiger partial charge on any atom is -0.311 e. The van der Waals surface area contributed by atoms with Crippen molar-refractivity contribution in [1.29, 1.82) is 5.26 Å². The fourth-order valence-electron chi connectivity index (χ4n) is 5.47. The van der Waals surface area contributed by atoms with Gasteiger partial charge in [-0.2, -0.15) is 5.26 Å². The number of carbonyl (C=O) groups excluding carboxylic acids is 2. The van der Waals surface area contributed by atoms with E-state index in [0.29, 0.717) is 0 Å². The van der Waals surface area contributed by atoms with E-state index >= 15 is 0 Å². The quantitative estimate of drug-likeness (QED) is 0.835. The van der Waals surface area contributed by atoms with Crippen LogP contribution in [0.5, 0.6) is 0 Å². The third-order valence-corrected chi connectivity index (χ3v) is 6.04. The van der Waals surface area contributed by atoms with Gasteiger partial charge in [0.05, 0.1) is 19.2 Å². The highest BCUT2D eigenvalue weighted by Gasteiger charge is 2.51. The van der Waals surface area contributed by atoms with Gasteiger partial charge in [-0.05, 0) is 56.3 Å². The number of Topliss-reactive ketones (excluding diaryl/α,β-unsaturated/α-hetero) is 1. The van der Waals surface area contributed by atoms with Crippen molar-refractivity contribution in [3.63, 3.8) is 0 Å². The summed E-state index contributed by atoms with van der Waals surface area (Å²) in [5.41, 5.74) is 0.154. The van der Waals surface area contributed by atoms with Gasteiger partial charge in [0.2, 0.25) is 5.91 Å². The first kappa shape index (κ1) is 13.3. The number of hydrogen-bond donors (Lipinski definition) is 1. The monoisotopic (exact) mass is 287 g/mol. The van der Waals surface area contributed by atoms with Crippen LogP contribution in [0, 0.1) is 29.1 Å². The Morgan fingerprint density at radius 1 is 1.24 bits per heavy atom. The molecule has 5 aliphatic rings. The maximum atomic E-state index is 12.2. The smallest absolute Gasteiger partial charge is 0.238 e. The van der Waals surface area contributed by atoms with Crippen molar-refractivity contribution in [2.45, 2.75) is 50.1 Å². The zero-order chi connectivity index (χ0) is 14.6. The summed E-state index contributed by atoms with van der Waals surface area (Å²) in [4.78, 5) is 24.9. The molecule has 4 aliphatic carbocycles. The van der Waals surface area contributed by atoms with Crippen molar-refractivity contribution in [1.82, 2.24) is 10.2 Å². The van der Waals surface area contributed by atoms with E-state index < -0.39 is 6.04 Å². The Bertz CT molecular complexity index is 501. The molecule has 1 N–H and O–H groups in total. The van der Waals surface area contributed by atoms with E-state index in [2.05, 4.69) is 5.32 Å². The molecule has 0 aromatic carbocycles. The van der Waals surface area contributed by atoms with E-state index in [1.165, 1.54) is 43.4 Å². The second-order valence-electron chi connectivity index (χ2n) is 7.57. The molecule has 1 aliphatic heterocycles. The number of likely N-dealkylation sites (tertiary alicyclic amines) is 1. The predicted molar refractivity (Wildman–Crippen MR) is 75.0 cm³/mol. The van der Waals surface area contributed by atoms with Crippen molar-refractivity contribution >= 4 is 11.7 Å². The Hall–Kier alpha value is -1.41. The van der Waals surface area contributed by atoms with Crippen LogP contribution in [0.1, 0.15) is 38.5 Å². The number of carbonyl (C=O) groups is 2. The first-order valence-electron chi connectivity index (χ1n) is 8.05. The minimum absolute atomic E-state index is 0.100. The molecular weight excluding hydrogens is 266 g/mol. The van der Waals surface area contributed by atoms with Gasteiger partial charge < -0.3 is 10.2 Å². The fourth-order valence-corrected chi connectivity index (χ4v) is 5.47. The van der Waals surface area contributed by atoms with Crippen molar-refractivity contribution in [3.8, 4) is 6.07 Å². The van der Waals surface area contributed by atoms with Crippen LogP contribution in [0.4, 0.5) is 0 Å². The number of ketones is 1. The van der Waals surface area contributed by atoms with Crippen molar-refractivity contribution < 1.29 is 9.59 Å². The standard InChI is InChI=1S/C16H21N3O2/c17-7-13-14(20)9-19(13)15(21)8-18-16-4-10-1-11(5-16)3-12(2-10)6-16/h10-13,18H,1-6,8-9H2. The highest BCUT2D eigenvalue weighted by atomic mass is 16.2. The summed E-state index contributed by atoms with van der Waals surface area (Å²) in [5, 5.41) is 12.4. The van der Waals surface area contributed by atoms with Crippen LogP contribution < -0.4 is 5.32 Å². The van der Waals surface area contributed by atoms with Gasteiger partial charge in [-0.25, -0.2) is 0 Å². The molecule has 1 heterocycles. The summed E-state index contributed by atoms with van der Waals surface area (Å²) in [6.07, 6.45) is 7.75. The van der Waals surface area contributed by atoms with Gasteiger partial charge in [-0.1, -0.05) is 0 Å². The minimum atomic E-state index is -0.837. The van der Waals surface area contributed by atoms with Crippen LogP contribution in [0.15, 0.2) is 0 Å². The molecule has 1 unspecified atom stereocenters. The zero-order valence-corrected chi connectivity index (χ0v) is 12.2. The lowest BCUT2D eigenvalue weighted by molar-refractivity contribution is -0.148. The molecule has 0 radical (unpaired) electrons. The number of rotatable bonds is 3. The van der Waals surface area contributed by atoms with Gasteiger partial charge in [0.15, 0.2) is 11.8 Å². The molecule has 5 heteroatoms. The summed E-state index contributed by atoms with van der Waals surface area (Å²) in [7, 11) is 0. The molecule has 5 nitrogen and oxygen atoms in total. The SMILES string of the molecule is N#CC1C(=O)CN1C(=O)CNC12CC3CC(CC(C3)C1)C2. The summed E-state index contributed by atoms with van der Waals surface area (Å²) >= 11 is 0. The Balaban J connectivity index is 1.38. The molecule has 0 aromatic rings. The molecule has 4 bridgehead atoms. The number of nitriles is 1. The van der Waals surface area contributed by atoms with Gasteiger partial charge in [0.1, 0.15) is 0 Å². The molecule has 0 aromatic heterocycles. The Labute approximate surface area is 124 Å². The maximum absolute atomic E-state index is 12.2. The summed E-state index contributed by atoms with van der Waals surface area (Å²) in [5.74, 6) is 2.29. The largest absolute Gasteiger partial charge is 0.311 e. The van der Waals surface area contributed by atoms with Crippen molar-refractivity contribution in [2.24, 2.45) is 17.8 Å². The van der Waals surface area contributed by atoms with Crippen LogP contribution in [0.25, 0.3) is 0 Å². The molecular formula is C16H21N3O2. The topological polar surface area (TPSA) is 73.2 Å². The molecule has 1 amide bonds. The summed E-state index contributed by atoms with van der Waals surface area (Å²) in [6, 6.07) is 1.07. The van der Waals surface area contributed by atoms with Crippen molar-refractivity contribution in [2.75, 3.05) is 13.1 Å². The average Bonchev–Trinajstić information content (AvgIpc) is 2.41. The second-order valence-corrected chi connectivity index (χ2v) is 7.57. The number of amides is 1. The van der Waals surface area contributed by atoms with Crippen molar-refractivity contribution in [3.05, 3.63) is 0 Å². The third-order valence-electron chi connectivity index (χ3n) is 6.04. The van der Waals surface area contributed by atoms with Gasteiger partial charge in [-0.15, -0.1) is 0 Å². The number of hydrogen-bond acceptors (Lipinski definition) is 4. The molecule has 0 spiro atoms. The van der Waals surface area contributed by atoms with Gasteiger partial charge in [0.25, 0.3) is 0 Å². The van der Waals surface area contributed by atoms with Gasteiger partial charge in [0, 0.05) is 5.54 Å². The van der Waals surface area contributed by atoms with Gasteiger partial charge >= 0.3 is 0 Å².